The summed E-state index contributed by atoms with van der Waals surface area (Å²) in [4.78, 5) is 24.9. The average molecular weight is 352 g/mol. The maximum Gasteiger partial charge on any atom is 0.359 e. The molecule has 2 aromatic carbocycles. The number of aryl methyl sites for hydroxylation is 1. The van der Waals surface area contributed by atoms with Gasteiger partial charge in [0.1, 0.15) is 6.61 Å². The van der Waals surface area contributed by atoms with E-state index >= 15 is 0 Å². The highest BCUT2D eigenvalue weighted by atomic mass is 16.7. The van der Waals surface area contributed by atoms with Crippen molar-refractivity contribution in [2.24, 2.45) is 0 Å². The Morgan fingerprint density at radius 1 is 1.15 bits per heavy atom. The highest BCUT2D eigenvalue weighted by Gasteiger charge is 2.18. The largest absolute Gasteiger partial charge is 0.456 e. The van der Waals surface area contributed by atoms with Crippen LogP contribution in [-0.2, 0) is 17.9 Å². The second-order valence-corrected chi connectivity index (χ2v) is 5.78. The lowest BCUT2D eigenvalue weighted by Crippen LogP contribution is -2.25. The first-order valence-corrected chi connectivity index (χ1v) is 8.23. The van der Waals surface area contributed by atoms with Crippen LogP contribution in [0, 0.1) is 0 Å². The van der Waals surface area contributed by atoms with Crippen molar-refractivity contribution < 1.29 is 19.0 Å². The SMILES string of the molecule is CCn1nc(C(=O)OCc2ccc3c(c2)OCO3)c2ccccc2c1=O. The first-order valence-electron chi connectivity index (χ1n) is 8.23. The van der Waals surface area contributed by atoms with Gasteiger partial charge in [-0.15, -0.1) is 0 Å². The van der Waals surface area contributed by atoms with E-state index in [0.717, 1.165) is 5.56 Å². The summed E-state index contributed by atoms with van der Waals surface area (Å²) < 4.78 is 17.3. The smallest absolute Gasteiger partial charge is 0.359 e. The summed E-state index contributed by atoms with van der Waals surface area (Å²) in [6.45, 7) is 2.42. The summed E-state index contributed by atoms with van der Waals surface area (Å²) in [5.41, 5.74) is 0.675. The minimum atomic E-state index is -0.582. The fourth-order valence-corrected chi connectivity index (χ4v) is 2.85. The maximum absolute atomic E-state index is 12.6. The molecule has 0 atom stereocenters. The Morgan fingerprint density at radius 3 is 2.73 bits per heavy atom. The van der Waals surface area contributed by atoms with Crippen molar-refractivity contribution in [1.82, 2.24) is 9.78 Å². The fourth-order valence-electron chi connectivity index (χ4n) is 2.85. The van der Waals surface area contributed by atoms with Crippen LogP contribution in [0.25, 0.3) is 10.8 Å². The first kappa shape index (κ1) is 16.1. The number of rotatable bonds is 4. The Morgan fingerprint density at radius 2 is 1.92 bits per heavy atom. The van der Waals surface area contributed by atoms with Gasteiger partial charge in [-0.2, -0.15) is 5.10 Å². The van der Waals surface area contributed by atoms with Crippen molar-refractivity contribution in [1.29, 1.82) is 0 Å². The van der Waals surface area contributed by atoms with E-state index in [2.05, 4.69) is 5.10 Å². The quantitative estimate of drug-likeness (QED) is 0.671. The molecule has 7 nitrogen and oxygen atoms in total. The van der Waals surface area contributed by atoms with Crippen LogP contribution < -0.4 is 15.0 Å². The summed E-state index contributed by atoms with van der Waals surface area (Å²) in [6, 6.07) is 12.2. The molecule has 4 rings (SSSR count). The number of esters is 1. The molecule has 0 spiro atoms. The summed E-state index contributed by atoms with van der Waals surface area (Å²) in [7, 11) is 0. The van der Waals surface area contributed by atoms with E-state index in [1.54, 1.807) is 49.4 Å². The predicted molar refractivity (Wildman–Crippen MR) is 93.4 cm³/mol. The van der Waals surface area contributed by atoms with Gasteiger partial charge >= 0.3 is 5.97 Å². The van der Waals surface area contributed by atoms with E-state index in [1.807, 2.05) is 0 Å². The topological polar surface area (TPSA) is 79.7 Å². The average Bonchev–Trinajstić information content (AvgIpc) is 3.14. The number of ether oxygens (including phenoxy) is 3. The molecule has 3 aromatic rings. The molecule has 26 heavy (non-hydrogen) atoms. The number of benzene rings is 2. The monoisotopic (exact) mass is 352 g/mol. The molecule has 1 aliphatic heterocycles. The molecule has 0 saturated heterocycles. The van der Waals surface area contributed by atoms with E-state index in [1.165, 1.54) is 4.68 Å². The predicted octanol–water partition coefficient (Wildman–Crippen LogP) is 2.50. The minimum absolute atomic E-state index is 0.0662. The number of hydrogen-bond acceptors (Lipinski definition) is 6. The molecule has 0 aliphatic carbocycles. The van der Waals surface area contributed by atoms with Gasteiger partial charge in [0.15, 0.2) is 17.2 Å². The molecule has 0 N–H and O–H groups in total. The summed E-state index contributed by atoms with van der Waals surface area (Å²) in [6.07, 6.45) is 0. The highest BCUT2D eigenvalue weighted by Crippen LogP contribution is 2.32. The number of carbonyl (C=O) groups is 1. The van der Waals surface area contributed by atoms with Crippen LogP contribution in [0.1, 0.15) is 23.0 Å². The second kappa shape index (κ2) is 6.51. The van der Waals surface area contributed by atoms with Gasteiger partial charge in [-0.25, -0.2) is 9.48 Å². The summed E-state index contributed by atoms with van der Waals surface area (Å²) in [5, 5.41) is 5.10. The third-order valence-electron chi connectivity index (χ3n) is 4.17. The van der Waals surface area contributed by atoms with Gasteiger partial charge < -0.3 is 14.2 Å². The molecular weight excluding hydrogens is 336 g/mol. The summed E-state index contributed by atoms with van der Waals surface area (Å²) in [5.74, 6) is 0.713. The van der Waals surface area contributed by atoms with Crippen molar-refractivity contribution in [2.45, 2.75) is 20.1 Å². The zero-order chi connectivity index (χ0) is 18.1. The van der Waals surface area contributed by atoms with E-state index in [0.29, 0.717) is 28.8 Å². The van der Waals surface area contributed by atoms with Gasteiger partial charge in [-0.3, -0.25) is 4.79 Å². The molecular formula is C19H16N2O5. The van der Waals surface area contributed by atoms with Crippen LogP contribution in [0.4, 0.5) is 0 Å². The van der Waals surface area contributed by atoms with E-state index in [9.17, 15) is 9.59 Å². The molecule has 1 aliphatic rings. The highest BCUT2D eigenvalue weighted by molar-refractivity contribution is 6.02. The zero-order valence-corrected chi connectivity index (χ0v) is 14.1. The molecule has 0 fully saturated rings. The Labute approximate surface area is 148 Å². The number of aromatic nitrogens is 2. The van der Waals surface area contributed by atoms with Gasteiger partial charge in [-0.1, -0.05) is 24.3 Å². The molecule has 0 amide bonds. The van der Waals surface area contributed by atoms with Crippen LogP contribution in [0.5, 0.6) is 11.5 Å². The molecule has 2 heterocycles. The Kier molecular flexibility index (Phi) is 4.04. The van der Waals surface area contributed by atoms with Gasteiger partial charge in [0.25, 0.3) is 5.56 Å². The fraction of sp³-hybridized carbons (Fsp3) is 0.211. The van der Waals surface area contributed by atoms with Crippen LogP contribution in [-0.4, -0.2) is 22.5 Å². The van der Waals surface area contributed by atoms with Crippen LogP contribution in [0.15, 0.2) is 47.3 Å². The normalized spacial score (nSPS) is 12.3. The standard InChI is InChI=1S/C19H16N2O5/c1-2-21-18(22)14-6-4-3-5-13(14)17(20-21)19(23)24-10-12-7-8-15-16(9-12)26-11-25-15/h3-9H,2,10-11H2,1H3. The van der Waals surface area contributed by atoms with Crippen molar-refractivity contribution >= 4 is 16.7 Å². The number of hydrogen-bond donors (Lipinski definition) is 0. The van der Waals surface area contributed by atoms with Gasteiger partial charge in [-0.05, 0) is 30.7 Å². The van der Waals surface area contributed by atoms with Crippen molar-refractivity contribution in [3.8, 4) is 11.5 Å². The molecule has 0 radical (unpaired) electrons. The molecule has 132 valence electrons. The van der Waals surface area contributed by atoms with E-state index in [4.69, 9.17) is 14.2 Å². The van der Waals surface area contributed by atoms with Gasteiger partial charge in [0.05, 0.1) is 5.39 Å². The van der Waals surface area contributed by atoms with Crippen LogP contribution >= 0.6 is 0 Å². The number of carbonyl (C=O) groups excluding carboxylic acids is 1. The third-order valence-corrected chi connectivity index (χ3v) is 4.17. The third kappa shape index (κ3) is 2.77. The van der Waals surface area contributed by atoms with E-state index < -0.39 is 5.97 Å². The lowest BCUT2D eigenvalue weighted by molar-refractivity contribution is 0.0465. The molecule has 0 saturated carbocycles. The summed E-state index contributed by atoms with van der Waals surface area (Å²) >= 11 is 0. The first-order chi connectivity index (χ1) is 12.7. The molecule has 0 bridgehead atoms. The van der Waals surface area contributed by atoms with Gasteiger partial charge in [0, 0.05) is 11.9 Å². The minimum Gasteiger partial charge on any atom is -0.456 e. The van der Waals surface area contributed by atoms with Crippen molar-refractivity contribution in [2.75, 3.05) is 6.79 Å². The molecule has 7 heteroatoms. The number of nitrogens with zero attached hydrogens (tertiary/aromatic N) is 2. The Hall–Kier alpha value is -3.35. The molecule has 0 unspecified atom stereocenters. The maximum atomic E-state index is 12.6. The van der Waals surface area contributed by atoms with Gasteiger partial charge in [0.2, 0.25) is 6.79 Å². The Bertz CT molecular complexity index is 1060. The van der Waals surface area contributed by atoms with Crippen LogP contribution in [0.3, 0.4) is 0 Å². The van der Waals surface area contributed by atoms with Crippen LogP contribution in [0.2, 0.25) is 0 Å². The Balaban J connectivity index is 1.62. The van der Waals surface area contributed by atoms with Crippen molar-refractivity contribution in [3.05, 3.63) is 64.1 Å². The number of fused-ring (bicyclic) bond motifs is 2. The van der Waals surface area contributed by atoms with E-state index in [-0.39, 0.29) is 24.7 Å². The molecule has 1 aromatic heterocycles. The van der Waals surface area contributed by atoms with Crippen molar-refractivity contribution in [3.63, 3.8) is 0 Å². The zero-order valence-electron chi connectivity index (χ0n) is 14.1. The lowest BCUT2D eigenvalue weighted by Gasteiger charge is -2.10. The lowest BCUT2D eigenvalue weighted by atomic mass is 10.1. The second-order valence-electron chi connectivity index (χ2n) is 5.78.